The highest BCUT2D eigenvalue weighted by molar-refractivity contribution is 7.07. The fourth-order valence-electron chi connectivity index (χ4n) is 1.28. The highest BCUT2D eigenvalue weighted by atomic mass is 32.1. The Labute approximate surface area is 94.9 Å². The van der Waals surface area contributed by atoms with Crippen LogP contribution in [-0.2, 0) is 11.3 Å². The number of amides is 1. The molecule has 15 heavy (non-hydrogen) atoms. The number of thiophene rings is 1. The van der Waals surface area contributed by atoms with Crippen LogP contribution in [0.3, 0.4) is 0 Å². The molecule has 4 heteroatoms. The third-order valence-electron chi connectivity index (χ3n) is 2.35. The SMILES string of the molecule is CC(CN)CC(=O)N(C)Cc1ccsc1. The van der Waals surface area contributed by atoms with E-state index in [1.165, 1.54) is 5.56 Å². The monoisotopic (exact) mass is 226 g/mol. The molecule has 0 aliphatic rings. The van der Waals surface area contributed by atoms with Gasteiger partial charge >= 0.3 is 0 Å². The van der Waals surface area contributed by atoms with Crippen LogP contribution in [0.5, 0.6) is 0 Å². The van der Waals surface area contributed by atoms with Crippen molar-refractivity contribution in [3.8, 4) is 0 Å². The molecule has 0 saturated heterocycles. The van der Waals surface area contributed by atoms with Gasteiger partial charge in [0.15, 0.2) is 0 Å². The van der Waals surface area contributed by atoms with E-state index in [0.717, 1.165) is 0 Å². The van der Waals surface area contributed by atoms with Crippen molar-refractivity contribution in [2.45, 2.75) is 19.9 Å². The van der Waals surface area contributed by atoms with Crippen LogP contribution in [0.25, 0.3) is 0 Å². The van der Waals surface area contributed by atoms with E-state index in [2.05, 4.69) is 5.38 Å². The molecule has 0 saturated carbocycles. The molecule has 0 bridgehead atoms. The lowest BCUT2D eigenvalue weighted by Crippen LogP contribution is -2.29. The lowest BCUT2D eigenvalue weighted by atomic mass is 10.1. The molecular formula is C11H18N2OS. The molecule has 3 nitrogen and oxygen atoms in total. The van der Waals surface area contributed by atoms with Crippen molar-refractivity contribution >= 4 is 17.2 Å². The van der Waals surface area contributed by atoms with Gasteiger partial charge in [-0.05, 0) is 34.9 Å². The highest BCUT2D eigenvalue weighted by Crippen LogP contribution is 2.10. The van der Waals surface area contributed by atoms with Gasteiger partial charge in [0.2, 0.25) is 5.91 Å². The van der Waals surface area contributed by atoms with E-state index in [4.69, 9.17) is 5.73 Å². The van der Waals surface area contributed by atoms with Gasteiger partial charge in [-0.15, -0.1) is 0 Å². The molecule has 2 N–H and O–H groups in total. The average molecular weight is 226 g/mol. The smallest absolute Gasteiger partial charge is 0.222 e. The van der Waals surface area contributed by atoms with Crippen LogP contribution in [0.15, 0.2) is 16.8 Å². The predicted octanol–water partition coefficient (Wildman–Crippen LogP) is 1.69. The first-order valence-electron chi connectivity index (χ1n) is 5.08. The van der Waals surface area contributed by atoms with E-state index in [1.54, 1.807) is 16.2 Å². The summed E-state index contributed by atoms with van der Waals surface area (Å²) < 4.78 is 0. The second-order valence-corrected chi connectivity index (χ2v) is 4.71. The molecular weight excluding hydrogens is 208 g/mol. The first kappa shape index (κ1) is 12.2. The Morgan fingerprint density at radius 2 is 2.40 bits per heavy atom. The van der Waals surface area contributed by atoms with Crippen molar-refractivity contribution in [1.29, 1.82) is 0 Å². The van der Waals surface area contributed by atoms with E-state index >= 15 is 0 Å². The number of nitrogens with two attached hydrogens (primary N) is 1. The summed E-state index contributed by atoms with van der Waals surface area (Å²) in [6, 6.07) is 2.04. The molecule has 0 aliphatic carbocycles. The van der Waals surface area contributed by atoms with E-state index in [1.807, 2.05) is 25.4 Å². The van der Waals surface area contributed by atoms with Crippen molar-refractivity contribution in [2.75, 3.05) is 13.6 Å². The number of hydrogen-bond donors (Lipinski definition) is 1. The maximum absolute atomic E-state index is 11.7. The number of rotatable bonds is 5. The molecule has 1 rings (SSSR count). The predicted molar refractivity (Wildman–Crippen MR) is 63.6 cm³/mol. The Morgan fingerprint density at radius 3 is 2.93 bits per heavy atom. The number of hydrogen-bond acceptors (Lipinski definition) is 3. The molecule has 1 heterocycles. The quantitative estimate of drug-likeness (QED) is 0.830. The topological polar surface area (TPSA) is 46.3 Å². The van der Waals surface area contributed by atoms with E-state index in [0.29, 0.717) is 19.5 Å². The molecule has 0 fully saturated rings. The Hall–Kier alpha value is -0.870. The molecule has 84 valence electrons. The summed E-state index contributed by atoms with van der Waals surface area (Å²) in [5.41, 5.74) is 6.68. The Morgan fingerprint density at radius 1 is 1.67 bits per heavy atom. The van der Waals surface area contributed by atoms with E-state index in [9.17, 15) is 4.79 Å². The number of carbonyl (C=O) groups excluding carboxylic acids is 1. The molecule has 1 unspecified atom stereocenters. The van der Waals surface area contributed by atoms with Crippen LogP contribution in [0.1, 0.15) is 18.9 Å². The zero-order chi connectivity index (χ0) is 11.3. The second kappa shape index (κ2) is 5.88. The lowest BCUT2D eigenvalue weighted by molar-refractivity contribution is -0.131. The fraction of sp³-hybridized carbons (Fsp3) is 0.545. The van der Waals surface area contributed by atoms with Gasteiger partial charge in [0.1, 0.15) is 0 Å². The van der Waals surface area contributed by atoms with Crippen molar-refractivity contribution in [3.63, 3.8) is 0 Å². The summed E-state index contributed by atoms with van der Waals surface area (Å²) >= 11 is 1.65. The maximum Gasteiger partial charge on any atom is 0.222 e. The first-order valence-corrected chi connectivity index (χ1v) is 6.03. The molecule has 1 amide bonds. The van der Waals surface area contributed by atoms with Crippen molar-refractivity contribution < 1.29 is 4.79 Å². The van der Waals surface area contributed by atoms with Crippen LogP contribution in [0, 0.1) is 5.92 Å². The Balaban J connectivity index is 2.40. The summed E-state index contributed by atoms with van der Waals surface area (Å²) in [6.45, 7) is 3.26. The van der Waals surface area contributed by atoms with Crippen LogP contribution < -0.4 is 5.73 Å². The summed E-state index contributed by atoms with van der Waals surface area (Å²) in [5, 5.41) is 4.09. The molecule has 1 aromatic heterocycles. The van der Waals surface area contributed by atoms with E-state index in [-0.39, 0.29) is 11.8 Å². The zero-order valence-electron chi connectivity index (χ0n) is 9.27. The zero-order valence-corrected chi connectivity index (χ0v) is 10.1. The van der Waals surface area contributed by atoms with Gasteiger partial charge < -0.3 is 10.6 Å². The Kier molecular flexibility index (Phi) is 4.78. The van der Waals surface area contributed by atoms with Gasteiger partial charge in [0, 0.05) is 20.0 Å². The summed E-state index contributed by atoms with van der Waals surface area (Å²) in [5.74, 6) is 0.432. The maximum atomic E-state index is 11.7. The van der Waals surface area contributed by atoms with Gasteiger partial charge in [-0.3, -0.25) is 4.79 Å². The summed E-state index contributed by atoms with van der Waals surface area (Å²) in [4.78, 5) is 13.5. The molecule has 0 spiro atoms. The minimum absolute atomic E-state index is 0.166. The van der Waals surface area contributed by atoms with Crippen LogP contribution in [-0.4, -0.2) is 24.4 Å². The molecule has 0 aliphatic heterocycles. The molecule has 1 atom stereocenters. The Bertz CT molecular complexity index is 298. The van der Waals surface area contributed by atoms with Gasteiger partial charge in [-0.25, -0.2) is 0 Å². The second-order valence-electron chi connectivity index (χ2n) is 3.93. The van der Waals surface area contributed by atoms with Crippen molar-refractivity contribution in [3.05, 3.63) is 22.4 Å². The average Bonchev–Trinajstić information content (AvgIpc) is 2.70. The van der Waals surface area contributed by atoms with Gasteiger partial charge in [0.05, 0.1) is 0 Å². The van der Waals surface area contributed by atoms with Crippen LogP contribution in [0.2, 0.25) is 0 Å². The minimum atomic E-state index is 0.166. The highest BCUT2D eigenvalue weighted by Gasteiger charge is 2.12. The summed E-state index contributed by atoms with van der Waals surface area (Å²) in [6.07, 6.45) is 0.539. The van der Waals surface area contributed by atoms with Crippen molar-refractivity contribution in [1.82, 2.24) is 4.90 Å². The van der Waals surface area contributed by atoms with Gasteiger partial charge in [-0.2, -0.15) is 11.3 Å². The molecule has 0 aromatic carbocycles. The lowest BCUT2D eigenvalue weighted by Gasteiger charge is -2.18. The first-order chi connectivity index (χ1) is 7.13. The largest absolute Gasteiger partial charge is 0.341 e. The fourth-order valence-corrected chi connectivity index (χ4v) is 1.94. The molecule has 1 aromatic rings. The minimum Gasteiger partial charge on any atom is -0.341 e. The number of nitrogens with zero attached hydrogens (tertiary/aromatic N) is 1. The van der Waals surface area contributed by atoms with Crippen LogP contribution >= 0.6 is 11.3 Å². The van der Waals surface area contributed by atoms with Gasteiger partial charge in [-0.1, -0.05) is 6.92 Å². The molecule has 0 radical (unpaired) electrons. The summed E-state index contributed by atoms with van der Waals surface area (Å²) in [7, 11) is 1.84. The van der Waals surface area contributed by atoms with Crippen LogP contribution in [0.4, 0.5) is 0 Å². The third-order valence-corrected chi connectivity index (χ3v) is 3.08. The van der Waals surface area contributed by atoms with E-state index < -0.39 is 0 Å². The standard InChI is InChI=1S/C11H18N2OS/c1-9(6-12)5-11(14)13(2)7-10-3-4-15-8-10/h3-4,8-9H,5-7,12H2,1-2H3. The normalized spacial score (nSPS) is 12.5. The number of carbonyl (C=O) groups is 1. The third kappa shape index (κ3) is 4.01. The van der Waals surface area contributed by atoms with Gasteiger partial charge in [0.25, 0.3) is 0 Å². The van der Waals surface area contributed by atoms with Crippen molar-refractivity contribution in [2.24, 2.45) is 11.7 Å².